The van der Waals surface area contributed by atoms with Crippen molar-refractivity contribution in [2.45, 2.75) is 0 Å². The zero-order chi connectivity index (χ0) is 17.7. The van der Waals surface area contributed by atoms with Gasteiger partial charge in [-0.05, 0) is 42.5 Å². The summed E-state index contributed by atoms with van der Waals surface area (Å²) in [5.41, 5.74) is 5.99. The van der Waals surface area contributed by atoms with E-state index in [-0.39, 0.29) is 0 Å². The minimum Gasteiger partial charge on any atom is -0.244 e. The Kier molecular flexibility index (Phi) is 2.79. The molecular weight excluding hydrogens is 326 g/mol. The van der Waals surface area contributed by atoms with Gasteiger partial charge in [0.05, 0.1) is 44.1 Å². The second kappa shape index (κ2) is 5.13. The van der Waals surface area contributed by atoms with Crippen molar-refractivity contribution in [2.75, 3.05) is 0 Å². The molecule has 0 aromatic carbocycles. The largest absolute Gasteiger partial charge is 0.244 e. The molecule has 0 fully saturated rings. The van der Waals surface area contributed by atoms with E-state index in [1.165, 1.54) is 0 Å². The normalized spacial score (nSPS) is 11.0. The van der Waals surface area contributed by atoms with Crippen LogP contribution in [0.15, 0.2) is 42.5 Å². The Labute approximate surface area is 146 Å². The molecule has 5 aromatic heterocycles. The summed E-state index contributed by atoms with van der Waals surface area (Å²) in [5.74, 6) is 0. The Hall–Kier alpha value is -4.23. The monoisotopic (exact) mass is 333 g/mol. The molecule has 26 heavy (non-hydrogen) atoms. The quantitative estimate of drug-likeness (QED) is 0.400. The fraction of sp³-hybridized carbons (Fsp3) is 0. The van der Waals surface area contributed by atoms with E-state index in [1.54, 1.807) is 36.4 Å². The molecule has 0 saturated carbocycles. The molecule has 0 amide bonds. The van der Waals surface area contributed by atoms with Crippen LogP contribution < -0.4 is 0 Å². The van der Waals surface area contributed by atoms with Crippen LogP contribution >= 0.6 is 0 Å². The van der Waals surface area contributed by atoms with Crippen molar-refractivity contribution in [2.24, 2.45) is 0 Å². The first kappa shape index (κ1) is 14.1. The third-order valence-corrected chi connectivity index (χ3v) is 4.10. The maximum Gasteiger partial charge on any atom is 0.141 e. The molecule has 0 aliphatic carbocycles. The van der Waals surface area contributed by atoms with Crippen LogP contribution in [0.2, 0.25) is 0 Å². The smallest absolute Gasteiger partial charge is 0.141 e. The first-order chi connectivity index (χ1) is 12.7. The van der Waals surface area contributed by atoms with E-state index in [0.29, 0.717) is 55.5 Å². The standard InChI is InChI=1S/C19H7N7/c20-8-10-1-3-12-14(22-10)5-18-16(24-12)7-17-19(26-18)6-15-13(25-17)4-2-11(9-21)23-15/h1-7H. The highest BCUT2D eigenvalue weighted by Gasteiger charge is 2.08. The maximum absolute atomic E-state index is 9.01. The molecule has 5 aromatic rings. The van der Waals surface area contributed by atoms with E-state index in [2.05, 4.69) is 24.9 Å². The summed E-state index contributed by atoms with van der Waals surface area (Å²) in [6.45, 7) is 0. The van der Waals surface area contributed by atoms with E-state index in [4.69, 9.17) is 10.5 Å². The van der Waals surface area contributed by atoms with Gasteiger partial charge in [-0.1, -0.05) is 0 Å². The average Bonchev–Trinajstić information content (AvgIpc) is 2.68. The van der Waals surface area contributed by atoms with Crippen molar-refractivity contribution in [3.8, 4) is 12.1 Å². The van der Waals surface area contributed by atoms with E-state index in [9.17, 15) is 0 Å². The Bertz CT molecular complexity index is 1350. The Morgan fingerprint density at radius 2 is 0.808 bits per heavy atom. The SMILES string of the molecule is N#Cc1ccc2nc3cc4nc5ccc(C#N)nc5cc4nc3cc2n1. The van der Waals surface area contributed by atoms with Crippen LogP contribution in [0, 0.1) is 22.7 Å². The number of nitrogens with zero attached hydrogens (tertiary/aromatic N) is 7. The fourth-order valence-corrected chi connectivity index (χ4v) is 2.89. The molecule has 0 aliphatic heterocycles. The van der Waals surface area contributed by atoms with Crippen LogP contribution in [-0.2, 0) is 0 Å². The van der Waals surface area contributed by atoms with Gasteiger partial charge in [0.25, 0.3) is 0 Å². The lowest BCUT2D eigenvalue weighted by molar-refractivity contribution is 1.29. The lowest BCUT2D eigenvalue weighted by Crippen LogP contribution is -1.93. The van der Waals surface area contributed by atoms with Crippen LogP contribution in [0.4, 0.5) is 0 Å². The van der Waals surface area contributed by atoms with E-state index >= 15 is 0 Å². The highest BCUT2D eigenvalue weighted by molar-refractivity contribution is 5.97. The van der Waals surface area contributed by atoms with Gasteiger partial charge in [-0.2, -0.15) is 10.5 Å². The number of pyridine rings is 5. The second-order valence-corrected chi connectivity index (χ2v) is 5.73. The zero-order valence-corrected chi connectivity index (χ0v) is 13.2. The van der Waals surface area contributed by atoms with Gasteiger partial charge in [0, 0.05) is 0 Å². The highest BCUT2D eigenvalue weighted by Crippen LogP contribution is 2.23. The molecule has 0 radical (unpaired) electrons. The third-order valence-electron chi connectivity index (χ3n) is 4.10. The van der Waals surface area contributed by atoms with E-state index in [0.717, 1.165) is 0 Å². The number of rotatable bonds is 0. The Morgan fingerprint density at radius 1 is 0.462 bits per heavy atom. The topological polar surface area (TPSA) is 112 Å². The van der Waals surface area contributed by atoms with Gasteiger partial charge in [0.15, 0.2) is 0 Å². The Morgan fingerprint density at radius 3 is 1.19 bits per heavy atom. The summed E-state index contributed by atoms with van der Waals surface area (Å²) >= 11 is 0. The Balaban J connectivity index is 1.84. The van der Waals surface area contributed by atoms with Gasteiger partial charge in [0.2, 0.25) is 0 Å². The summed E-state index contributed by atoms with van der Waals surface area (Å²) in [6.07, 6.45) is 0. The predicted octanol–water partition coefficient (Wildman–Crippen LogP) is 3.02. The van der Waals surface area contributed by atoms with Gasteiger partial charge in [-0.3, -0.25) is 0 Å². The summed E-state index contributed by atoms with van der Waals surface area (Å²) in [6, 6.07) is 16.3. The summed E-state index contributed by atoms with van der Waals surface area (Å²) < 4.78 is 0. The van der Waals surface area contributed by atoms with Crippen LogP contribution in [0.25, 0.3) is 44.1 Å². The lowest BCUT2D eigenvalue weighted by atomic mass is 10.2. The van der Waals surface area contributed by atoms with E-state index in [1.807, 2.05) is 18.2 Å². The van der Waals surface area contributed by atoms with Crippen molar-refractivity contribution < 1.29 is 0 Å². The van der Waals surface area contributed by atoms with Crippen molar-refractivity contribution in [3.05, 3.63) is 53.9 Å². The van der Waals surface area contributed by atoms with Gasteiger partial charge >= 0.3 is 0 Å². The molecule has 7 nitrogen and oxygen atoms in total. The predicted molar refractivity (Wildman–Crippen MR) is 94.9 cm³/mol. The summed E-state index contributed by atoms with van der Waals surface area (Å²) in [5, 5.41) is 18.0. The van der Waals surface area contributed by atoms with Gasteiger partial charge in [-0.25, -0.2) is 24.9 Å². The average molecular weight is 333 g/mol. The molecule has 5 heterocycles. The van der Waals surface area contributed by atoms with Gasteiger partial charge in [-0.15, -0.1) is 0 Å². The van der Waals surface area contributed by atoms with Crippen molar-refractivity contribution in [1.82, 2.24) is 24.9 Å². The number of hydrogen-bond donors (Lipinski definition) is 0. The minimum absolute atomic E-state index is 0.334. The maximum atomic E-state index is 9.01. The number of aromatic nitrogens is 5. The lowest BCUT2D eigenvalue weighted by Gasteiger charge is -2.04. The summed E-state index contributed by atoms with van der Waals surface area (Å²) in [4.78, 5) is 22.3. The molecule has 0 bridgehead atoms. The number of hydrogen-bond acceptors (Lipinski definition) is 7. The second-order valence-electron chi connectivity index (χ2n) is 5.73. The first-order valence-corrected chi connectivity index (χ1v) is 7.74. The number of fused-ring (bicyclic) bond motifs is 4. The first-order valence-electron chi connectivity index (χ1n) is 7.74. The molecule has 5 rings (SSSR count). The van der Waals surface area contributed by atoms with Crippen LogP contribution in [0.1, 0.15) is 11.4 Å². The minimum atomic E-state index is 0.334. The molecule has 0 aliphatic rings. The van der Waals surface area contributed by atoms with Crippen LogP contribution in [0.5, 0.6) is 0 Å². The molecule has 118 valence electrons. The van der Waals surface area contributed by atoms with Gasteiger partial charge < -0.3 is 0 Å². The summed E-state index contributed by atoms with van der Waals surface area (Å²) in [7, 11) is 0. The number of nitriles is 2. The van der Waals surface area contributed by atoms with E-state index < -0.39 is 0 Å². The molecule has 0 N–H and O–H groups in total. The van der Waals surface area contributed by atoms with Crippen molar-refractivity contribution >= 4 is 44.1 Å². The van der Waals surface area contributed by atoms with Crippen molar-refractivity contribution in [1.29, 1.82) is 10.5 Å². The molecule has 7 heteroatoms. The molecule has 0 spiro atoms. The van der Waals surface area contributed by atoms with Gasteiger partial charge in [0.1, 0.15) is 23.5 Å². The fourth-order valence-electron chi connectivity index (χ4n) is 2.89. The van der Waals surface area contributed by atoms with Crippen LogP contribution in [-0.4, -0.2) is 24.9 Å². The zero-order valence-electron chi connectivity index (χ0n) is 13.2. The molecular formula is C19H7N7. The molecule has 0 unspecified atom stereocenters. The van der Waals surface area contributed by atoms with Crippen molar-refractivity contribution in [3.63, 3.8) is 0 Å². The molecule has 0 saturated heterocycles. The van der Waals surface area contributed by atoms with Crippen LogP contribution in [0.3, 0.4) is 0 Å². The third kappa shape index (κ3) is 2.09. The highest BCUT2D eigenvalue weighted by atomic mass is 14.8. The molecule has 0 atom stereocenters.